The number of thioether (sulfide) groups is 1. The van der Waals surface area contributed by atoms with Crippen molar-refractivity contribution < 1.29 is 4.74 Å². The monoisotopic (exact) mass is 296 g/mol. The van der Waals surface area contributed by atoms with Gasteiger partial charge in [0.05, 0.1) is 0 Å². The molecular weight excluding hydrogens is 272 g/mol. The van der Waals surface area contributed by atoms with E-state index in [2.05, 4.69) is 21.5 Å². The van der Waals surface area contributed by atoms with Crippen molar-refractivity contribution >= 4 is 23.4 Å². The minimum Gasteiger partial charge on any atom is -0.384 e. The highest BCUT2D eigenvalue weighted by Crippen LogP contribution is 2.40. The Morgan fingerprint density at radius 2 is 2.15 bits per heavy atom. The molecule has 5 nitrogen and oxygen atoms in total. The van der Waals surface area contributed by atoms with E-state index in [1.54, 1.807) is 6.07 Å². The lowest BCUT2D eigenvalue weighted by Gasteiger charge is -2.27. The van der Waals surface area contributed by atoms with Crippen molar-refractivity contribution in [3.63, 3.8) is 0 Å². The molecule has 3 N–H and O–H groups in total. The van der Waals surface area contributed by atoms with E-state index in [0.717, 1.165) is 12.4 Å². The number of aromatic nitrogens is 2. The molecule has 1 heterocycles. The molecule has 1 fully saturated rings. The normalized spacial score (nSPS) is 17.3. The van der Waals surface area contributed by atoms with Crippen LogP contribution in [-0.4, -0.2) is 34.1 Å². The summed E-state index contributed by atoms with van der Waals surface area (Å²) in [6.07, 6.45) is 7.39. The highest BCUT2D eigenvalue weighted by atomic mass is 32.2. The standard InChI is InChI=1S/C14H24N4OS/c1-3-19-9-13-17-11(15)8-12(18-13)16-10-14(20-2)6-4-5-7-14/h8H,3-7,9-10H2,1-2H3,(H3,15,16,17,18). The zero-order valence-electron chi connectivity index (χ0n) is 12.3. The largest absolute Gasteiger partial charge is 0.384 e. The molecule has 2 rings (SSSR count). The molecule has 0 aromatic carbocycles. The number of anilines is 2. The first-order chi connectivity index (χ1) is 9.67. The zero-order chi connectivity index (χ0) is 14.4. The molecule has 0 bridgehead atoms. The third-order valence-electron chi connectivity index (χ3n) is 3.77. The predicted octanol–water partition coefficient (Wildman–Crippen LogP) is 2.68. The topological polar surface area (TPSA) is 73.1 Å². The summed E-state index contributed by atoms with van der Waals surface area (Å²) in [4.78, 5) is 8.65. The first-order valence-electron chi connectivity index (χ1n) is 7.18. The Morgan fingerprint density at radius 1 is 1.40 bits per heavy atom. The van der Waals surface area contributed by atoms with E-state index in [0.29, 0.717) is 29.6 Å². The van der Waals surface area contributed by atoms with Gasteiger partial charge in [0.2, 0.25) is 0 Å². The number of rotatable bonds is 7. The predicted molar refractivity (Wildman–Crippen MR) is 85.0 cm³/mol. The molecule has 20 heavy (non-hydrogen) atoms. The molecule has 1 saturated carbocycles. The maximum Gasteiger partial charge on any atom is 0.158 e. The number of nitrogens with zero attached hydrogens (tertiary/aromatic N) is 2. The molecule has 1 aliphatic rings. The quantitative estimate of drug-likeness (QED) is 0.806. The molecule has 0 radical (unpaired) electrons. The van der Waals surface area contributed by atoms with Gasteiger partial charge in [-0.15, -0.1) is 0 Å². The van der Waals surface area contributed by atoms with E-state index < -0.39 is 0 Å². The molecule has 6 heteroatoms. The second-order valence-corrected chi connectivity index (χ2v) is 6.45. The van der Waals surface area contributed by atoms with Crippen LogP contribution in [0.15, 0.2) is 6.07 Å². The SMILES string of the molecule is CCOCc1nc(N)cc(NCC2(SC)CCCC2)n1. The van der Waals surface area contributed by atoms with E-state index in [4.69, 9.17) is 10.5 Å². The van der Waals surface area contributed by atoms with Crippen LogP contribution in [-0.2, 0) is 11.3 Å². The van der Waals surface area contributed by atoms with Gasteiger partial charge in [0.25, 0.3) is 0 Å². The summed E-state index contributed by atoms with van der Waals surface area (Å²) in [6.45, 7) is 3.94. The van der Waals surface area contributed by atoms with Crippen molar-refractivity contribution in [2.75, 3.05) is 30.5 Å². The minimum atomic E-state index is 0.347. The van der Waals surface area contributed by atoms with Gasteiger partial charge >= 0.3 is 0 Å². The lowest BCUT2D eigenvalue weighted by molar-refractivity contribution is 0.128. The molecule has 1 aromatic rings. The van der Waals surface area contributed by atoms with Crippen LogP contribution in [0.25, 0.3) is 0 Å². The van der Waals surface area contributed by atoms with Gasteiger partial charge in [0, 0.05) is 24.0 Å². The highest BCUT2D eigenvalue weighted by molar-refractivity contribution is 8.00. The smallest absolute Gasteiger partial charge is 0.158 e. The van der Waals surface area contributed by atoms with E-state index in [1.807, 2.05) is 18.7 Å². The Morgan fingerprint density at radius 3 is 2.80 bits per heavy atom. The third kappa shape index (κ3) is 3.99. The third-order valence-corrected chi connectivity index (χ3v) is 5.19. The number of ether oxygens (including phenoxy) is 1. The summed E-state index contributed by atoms with van der Waals surface area (Å²) in [5.41, 5.74) is 5.83. The van der Waals surface area contributed by atoms with Crippen LogP contribution in [0.4, 0.5) is 11.6 Å². The van der Waals surface area contributed by atoms with Crippen molar-refractivity contribution in [1.82, 2.24) is 9.97 Å². The minimum absolute atomic E-state index is 0.347. The molecule has 0 spiro atoms. The van der Waals surface area contributed by atoms with E-state index in [9.17, 15) is 0 Å². The average molecular weight is 296 g/mol. The summed E-state index contributed by atoms with van der Waals surface area (Å²) in [5, 5.41) is 3.43. The number of hydrogen-bond acceptors (Lipinski definition) is 6. The first kappa shape index (κ1) is 15.4. The number of hydrogen-bond donors (Lipinski definition) is 2. The van der Waals surface area contributed by atoms with Gasteiger partial charge in [-0.3, -0.25) is 0 Å². The van der Waals surface area contributed by atoms with E-state index in [1.165, 1.54) is 25.7 Å². The Hall–Kier alpha value is -1.01. The summed E-state index contributed by atoms with van der Waals surface area (Å²) in [7, 11) is 0. The lowest BCUT2D eigenvalue weighted by atomic mass is 10.1. The Kier molecular flexibility index (Phi) is 5.48. The molecule has 0 amide bonds. The van der Waals surface area contributed by atoms with Gasteiger partial charge in [-0.2, -0.15) is 11.8 Å². The average Bonchev–Trinajstić information content (AvgIpc) is 2.92. The maximum absolute atomic E-state index is 5.83. The van der Waals surface area contributed by atoms with Crippen molar-refractivity contribution in [3.8, 4) is 0 Å². The first-order valence-corrected chi connectivity index (χ1v) is 8.40. The van der Waals surface area contributed by atoms with Crippen molar-refractivity contribution in [3.05, 3.63) is 11.9 Å². The summed E-state index contributed by atoms with van der Waals surface area (Å²) < 4.78 is 5.68. The van der Waals surface area contributed by atoms with Crippen molar-refractivity contribution in [2.45, 2.75) is 44.0 Å². The van der Waals surface area contributed by atoms with Crippen LogP contribution in [0.3, 0.4) is 0 Å². The second kappa shape index (κ2) is 7.13. The van der Waals surface area contributed by atoms with Crippen molar-refractivity contribution in [2.24, 2.45) is 0 Å². The van der Waals surface area contributed by atoms with Gasteiger partial charge in [0.15, 0.2) is 5.82 Å². The molecular formula is C14H24N4OS. The van der Waals surface area contributed by atoms with E-state index in [-0.39, 0.29) is 0 Å². The van der Waals surface area contributed by atoms with Gasteiger partial charge in [-0.05, 0) is 26.0 Å². The van der Waals surface area contributed by atoms with E-state index >= 15 is 0 Å². The van der Waals surface area contributed by atoms with Crippen LogP contribution in [0, 0.1) is 0 Å². The van der Waals surface area contributed by atoms with Gasteiger partial charge < -0.3 is 15.8 Å². The number of nitrogens with two attached hydrogens (primary N) is 1. The summed E-state index contributed by atoms with van der Waals surface area (Å²) >= 11 is 1.96. The van der Waals surface area contributed by atoms with Gasteiger partial charge in [0.1, 0.15) is 18.2 Å². The van der Waals surface area contributed by atoms with Crippen LogP contribution in [0.5, 0.6) is 0 Å². The highest BCUT2D eigenvalue weighted by Gasteiger charge is 2.32. The van der Waals surface area contributed by atoms with Gasteiger partial charge in [-0.25, -0.2) is 9.97 Å². The number of nitrogen functional groups attached to an aromatic ring is 1. The Bertz CT molecular complexity index is 435. The molecule has 0 saturated heterocycles. The van der Waals surface area contributed by atoms with Crippen LogP contribution in [0.2, 0.25) is 0 Å². The fourth-order valence-corrected chi connectivity index (χ4v) is 3.50. The fraction of sp³-hybridized carbons (Fsp3) is 0.714. The van der Waals surface area contributed by atoms with Crippen LogP contribution >= 0.6 is 11.8 Å². The lowest BCUT2D eigenvalue weighted by Crippen LogP contribution is -2.30. The Balaban J connectivity index is 1.99. The molecule has 0 atom stereocenters. The fourth-order valence-electron chi connectivity index (χ4n) is 2.59. The summed E-state index contributed by atoms with van der Waals surface area (Å²) in [5.74, 6) is 1.92. The van der Waals surface area contributed by atoms with Crippen LogP contribution in [0.1, 0.15) is 38.4 Å². The number of nitrogens with one attached hydrogen (secondary N) is 1. The molecule has 1 aromatic heterocycles. The zero-order valence-corrected chi connectivity index (χ0v) is 13.1. The Labute approximate surface area is 125 Å². The molecule has 112 valence electrons. The molecule has 0 unspecified atom stereocenters. The molecule has 0 aliphatic heterocycles. The van der Waals surface area contributed by atoms with Gasteiger partial charge in [-0.1, -0.05) is 12.8 Å². The van der Waals surface area contributed by atoms with Crippen molar-refractivity contribution in [1.29, 1.82) is 0 Å². The summed E-state index contributed by atoms with van der Waals surface area (Å²) in [6, 6.07) is 1.79. The second-order valence-electron chi connectivity index (χ2n) is 5.18. The maximum atomic E-state index is 5.83. The molecule has 1 aliphatic carbocycles. The van der Waals surface area contributed by atoms with Crippen LogP contribution < -0.4 is 11.1 Å².